The molecule has 1 aromatic carbocycles. The SMILES string of the molecule is N#Cc1ccc(COS(=O)([O-])=[Se])cc1.[K+]. The molecule has 0 aliphatic rings. The first-order valence-electron chi connectivity index (χ1n) is 3.60. The van der Waals surface area contributed by atoms with Gasteiger partial charge in [0.1, 0.15) is 0 Å². The minimum atomic E-state index is -3.53. The molecule has 0 bridgehead atoms. The van der Waals surface area contributed by atoms with Crippen LogP contribution < -0.4 is 51.4 Å². The van der Waals surface area contributed by atoms with E-state index < -0.39 is 8.42 Å². The van der Waals surface area contributed by atoms with Crippen molar-refractivity contribution in [2.24, 2.45) is 0 Å². The van der Waals surface area contributed by atoms with Gasteiger partial charge >= 0.3 is 140 Å². The maximum atomic E-state index is 10.6. The number of nitrogens with zero attached hydrogens (tertiary/aromatic N) is 1. The van der Waals surface area contributed by atoms with Crippen LogP contribution in [0.1, 0.15) is 11.1 Å². The van der Waals surface area contributed by atoms with Crippen molar-refractivity contribution in [2.45, 2.75) is 6.61 Å². The van der Waals surface area contributed by atoms with E-state index in [9.17, 15) is 8.76 Å². The third-order valence-corrected chi connectivity index (χ3v) is 2.47. The zero-order valence-electron chi connectivity index (χ0n) is 8.00. The van der Waals surface area contributed by atoms with Crippen molar-refractivity contribution >= 4 is 22.8 Å². The van der Waals surface area contributed by atoms with Crippen molar-refractivity contribution in [1.82, 2.24) is 0 Å². The Labute approximate surface area is 138 Å². The first-order chi connectivity index (χ1) is 6.51. The molecule has 0 heterocycles. The summed E-state index contributed by atoms with van der Waals surface area (Å²) in [6.45, 7) is -0.0267. The predicted octanol–water partition coefficient (Wildman–Crippen LogP) is -2.51. The minimum absolute atomic E-state index is 0. The Morgan fingerprint density at radius 2 is 2.00 bits per heavy atom. The Hall–Kier alpha value is 0.936. The second kappa shape index (κ2) is 7.30. The Balaban J connectivity index is 0.00000196. The molecule has 0 saturated heterocycles. The molecule has 1 atom stereocenters. The molecule has 0 fully saturated rings. The van der Waals surface area contributed by atoms with Crippen LogP contribution in [0.3, 0.4) is 0 Å². The fraction of sp³-hybridized carbons (Fsp3) is 0.125. The Morgan fingerprint density at radius 3 is 2.40 bits per heavy atom. The Kier molecular flexibility index (Phi) is 7.75. The van der Waals surface area contributed by atoms with Crippen LogP contribution >= 0.6 is 0 Å². The van der Waals surface area contributed by atoms with Gasteiger partial charge < -0.3 is 0 Å². The van der Waals surface area contributed by atoms with E-state index in [2.05, 4.69) is 4.18 Å². The smallest absolute Gasteiger partial charge is 1.00 e. The van der Waals surface area contributed by atoms with E-state index in [4.69, 9.17) is 5.26 Å². The number of hydrogen-bond acceptors (Lipinski definition) is 4. The van der Waals surface area contributed by atoms with E-state index in [0.29, 0.717) is 11.1 Å². The Morgan fingerprint density at radius 1 is 1.47 bits per heavy atom. The summed E-state index contributed by atoms with van der Waals surface area (Å²) in [6, 6.07) is 8.45. The molecule has 15 heavy (non-hydrogen) atoms. The van der Waals surface area contributed by atoms with Crippen LogP contribution in [0.5, 0.6) is 0 Å². The molecular weight excluding hydrogens is 308 g/mol. The van der Waals surface area contributed by atoms with E-state index >= 15 is 0 Å². The summed E-state index contributed by atoms with van der Waals surface area (Å²) in [7, 11) is -3.53. The molecule has 0 aromatic heterocycles. The quantitative estimate of drug-likeness (QED) is 0.578. The summed E-state index contributed by atoms with van der Waals surface area (Å²) < 4.78 is 25.7. The monoisotopic (exact) mass is 315 g/mol. The van der Waals surface area contributed by atoms with E-state index in [1.165, 1.54) is 0 Å². The summed E-state index contributed by atoms with van der Waals surface area (Å²) in [6.07, 6.45) is 0. The topological polar surface area (TPSA) is 73.1 Å². The van der Waals surface area contributed by atoms with Crippen LogP contribution in [-0.2, 0) is 19.2 Å². The predicted molar refractivity (Wildman–Crippen MR) is 50.6 cm³/mol. The molecule has 1 aromatic rings. The van der Waals surface area contributed by atoms with E-state index in [-0.39, 0.29) is 58.0 Å². The summed E-state index contributed by atoms with van der Waals surface area (Å²) in [5.74, 6) is 0. The van der Waals surface area contributed by atoms with Gasteiger partial charge in [0.05, 0.1) is 0 Å². The van der Waals surface area contributed by atoms with Gasteiger partial charge in [-0.2, -0.15) is 0 Å². The normalized spacial score (nSPS) is 13.3. The van der Waals surface area contributed by atoms with Crippen LogP contribution in [0.25, 0.3) is 0 Å². The van der Waals surface area contributed by atoms with Gasteiger partial charge in [0, 0.05) is 0 Å². The second-order valence-corrected chi connectivity index (χ2v) is 6.10. The molecule has 1 unspecified atom stereocenters. The van der Waals surface area contributed by atoms with Crippen LogP contribution in [0, 0.1) is 11.3 Å². The average Bonchev–Trinajstić information content (AvgIpc) is 2.14. The van der Waals surface area contributed by atoms with Crippen molar-refractivity contribution in [2.75, 3.05) is 0 Å². The summed E-state index contributed by atoms with van der Waals surface area (Å²) in [4.78, 5) is 0. The zero-order valence-corrected chi connectivity index (χ0v) is 13.7. The average molecular weight is 314 g/mol. The van der Waals surface area contributed by atoms with E-state index in [1.54, 1.807) is 24.3 Å². The van der Waals surface area contributed by atoms with E-state index in [0.717, 1.165) is 0 Å². The third-order valence-electron chi connectivity index (χ3n) is 1.45. The molecule has 7 heteroatoms. The summed E-state index contributed by atoms with van der Waals surface area (Å²) in [5.41, 5.74) is 1.22. The maximum absolute atomic E-state index is 10.6. The molecule has 0 amide bonds. The van der Waals surface area contributed by atoms with Crippen molar-refractivity contribution in [3.8, 4) is 6.07 Å². The third kappa shape index (κ3) is 6.97. The van der Waals surface area contributed by atoms with Gasteiger partial charge in [0.25, 0.3) is 0 Å². The van der Waals surface area contributed by atoms with Gasteiger partial charge in [0.2, 0.25) is 0 Å². The zero-order chi connectivity index (χ0) is 10.6. The molecule has 0 radical (unpaired) electrons. The largest absolute Gasteiger partial charge is 1.00 e. The van der Waals surface area contributed by atoms with Gasteiger partial charge in [-0.25, -0.2) is 0 Å². The van der Waals surface area contributed by atoms with Crippen LogP contribution in [-0.4, -0.2) is 23.1 Å². The molecule has 74 valence electrons. The van der Waals surface area contributed by atoms with Gasteiger partial charge in [0.15, 0.2) is 0 Å². The van der Waals surface area contributed by atoms with Crippen molar-refractivity contribution in [1.29, 1.82) is 5.26 Å². The molecule has 4 nitrogen and oxygen atoms in total. The van der Waals surface area contributed by atoms with E-state index in [1.807, 2.05) is 20.5 Å². The summed E-state index contributed by atoms with van der Waals surface area (Å²) >= 11 is 1.91. The first kappa shape index (κ1) is 15.9. The van der Waals surface area contributed by atoms with Gasteiger partial charge in [-0.15, -0.1) is 0 Å². The molecule has 0 spiro atoms. The second-order valence-electron chi connectivity index (χ2n) is 2.48. The fourth-order valence-electron chi connectivity index (χ4n) is 0.816. The molecule has 1 rings (SSSR count). The van der Waals surface area contributed by atoms with Gasteiger partial charge in [-0.05, 0) is 0 Å². The number of benzene rings is 1. The van der Waals surface area contributed by atoms with Crippen molar-refractivity contribution < 1.29 is 64.3 Å². The minimum Gasteiger partial charge on any atom is 1.00 e. The van der Waals surface area contributed by atoms with Gasteiger partial charge in [-0.3, -0.25) is 0 Å². The van der Waals surface area contributed by atoms with Gasteiger partial charge in [-0.1, -0.05) is 0 Å². The molecule has 0 saturated carbocycles. The standard InChI is InChI=1S/C8H7NO3SSe.K/c9-5-7-1-3-8(4-2-7)6-12-13(10,11)14;/h1-4H,6H2,(H,10,11,14);/q;+1/p-1. The van der Waals surface area contributed by atoms with Crippen molar-refractivity contribution in [3.05, 3.63) is 35.4 Å². The Bertz CT molecular complexity index is 452. The molecular formula is C8H6KNO3SSe. The fourth-order valence-corrected chi connectivity index (χ4v) is 1.40. The van der Waals surface area contributed by atoms with Crippen LogP contribution in [0.2, 0.25) is 0 Å². The number of nitriles is 1. The van der Waals surface area contributed by atoms with Crippen LogP contribution in [0.4, 0.5) is 0 Å². The van der Waals surface area contributed by atoms with Crippen molar-refractivity contribution in [3.63, 3.8) is 0 Å². The molecule has 0 aliphatic carbocycles. The number of rotatable bonds is 3. The van der Waals surface area contributed by atoms with Crippen LogP contribution in [0.15, 0.2) is 24.3 Å². The molecule has 0 N–H and O–H groups in total. The maximum Gasteiger partial charge on any atom is 1.00 e. The number of hydrogen-bond donors (Lipinski definition) is 0. The molecule has 0 aliphatic heterocycles. The first-order valence-corrected chi connectivity index (χ1v) is 7.04. The summed E-state index contributed by atoms with van der Waals surface area (Å²) in [5, 5.41) is 8.51.